The number of para-hydroxylation sites is 1. The standard InChI is InChI=1S/C32H35FN2O4/c1-3-5-20-38-26-16-17-27(30(22-26)39-21-6-4-2)31-28(18-19-29(36)23-12-14-24(33)15-13-23)34-32(37)35(31)25-10-8-7-9-11-25/h7-19,22,28,31H,3-6,20-21H2,1-2H3,(H,34,37)/b19-18+/t28-,31-/m1/s1. The molecule has 0 radical (unpaired) electrons. The maximum atomic E-state index is 13.3. The van der Waals surface area contributed by atoms with Crippen LogP contribution in [-0.4, -0.2) is 31.1 Å². The third-order valence-electron chi connectivity index (χ3n) is 6.57. The molecule has 0 spiro atoms. The van der Waals surface area contributed by atoms with Gasteiger partial charge in [0.1, 0.15) is 17.3 Å². The lowest BCUT2D eigenvalue weighted by atomic mass is 9.96. The minimum atomic E-state index is -0.525. The van der Waals surface area contributed by atoms with Crippen molar-refractivity contribution in [1.29, 1.82) is 0 Å². The normalized spacial score (nSPS) is 16.9. The predicted molar refractivity (Wildman–Crippen MR) is 151 cm³/mol. The molecule has 4 rings (SSSR count). The zero-order valence-corrected chi connectivity index (χ0v) is 22.4. The lowest BCUT2D eigenvalue weighted by molar-refractivity contribution is 0.104. The van der Waals surface area contributed by atoms with E-state index in [-0.39, 0.29) is 11.8 Å². The number of nitrogens with zero attached hydrogens (tertiary/aromatic N) is 1. The molecule has 204 valence electrons. The number of unbranched alkanes of at least 4 members (excludes halogenated alkanes) is 2. The van der Waals surface area contributed by atoms with Gasteiger partial charge in [-0.05, 0) is 67.4 Å². The molecule has 1 aliphatic rings. The van der Waals surface area contributed by atoms with E-state index in [4.69, 9.17) is 9.47 Å². The molecule has 1 fully saturated rings. The smallest absolute Gasteiger partial charge is 0.323 e. The van der Waals surface area contributed by atoms with Crippen molar-refractivity contribution in [2.45, 2.75) is 51.6 Å². The first-order chi connectivity index (χ1) is 19.0. The van der Waals surface area contributed by atoms with Gasteiger partial charge in [-0.2, -0.15) is 0 Å². The monoisotopic (exact) mass is 530 g/mol. The van der Waals surface area contributed by atoms with Gasteiger partial charge in [0.25, 0.3) is 0 Å². The average Bonchev–Trinajstić information content (AvgIpc) is 3.28. The average molecular weight is 531 g/mol. The molecule has 6 nitrogen and oxygen atoms in total. The van der Waals surface area contributed by atoms with Gasteiger partial charge < -0.3 is 14.8 Å². The number of amides is 2. The van der Waals surface area contributed by atoms with Gasteiger partial charge in [-0.1, -0.05) is 51.0 Å². The zero-order valence-electron chi connectivity index (χ0n) is 22.4. The Morgan fingerprint density at radius 3 is 2.33 bits per heavy atom. The van der Waals surface area contributed by atoms with Crippen molar-refractivity contribution in [2.24, 2.45) is 0 Å². The Morgan fingerprint density at radius 1 is 0.949 bits per heavy atom. The number of ether oxygens (including phenoxy) is 2. The topological polar surface area (TPSA) is 67.9 Å². The van der Waals surface area contributed by atoms with Gasteiger partial charge in [0.05, 0.1) is 25.3 Å². The Hall–Kier alpha value is -4.13. The third-order valence-corrected chi connectivity index (χ3v) is 6.57. The number of urea groups is 1. The van der Waals surface area contributed by atoms with E-state index < -0.39 is 17.9 Å². The quantitative estimate of drug-likeness (QED) is 0.143. The van der Waals surface area contributed by atoms with E-state index in [2.05, 4.69) is 19.2 Å². The van der Waals surface area contributed by atoms with E-state index in [0.717, 1.165) is 36.9 Å². The van der Waals surface area contributed by atoms with Gasteiger partial charge in [-0.15, -0.1) is 0 Å². The summed E-state index contributed by atoms with van der Waals surface area (Å²) in [6, 6.07) is 19.2. The van der Waals surface area contributed by atoms with Crippen LogP contribution in [0.25, 0.3) is 0 Å². The molecular weight excluding hydrogens is 495 g/mol. The Morgan fingerprint density at radius 2 is 1.64 bits per heavy atom. The molecule has 0 aliphatic carbocycles. The Balaban J connectivity index is 1.71. The van der Waals surface area contributed by atoms with Crippen molar-refractivity contribution in [2.75, 3.05) is 18.1 Å². The van der Waals surface area contributed by atoms with Crippen molar-refractivity contribution >= 4 is 17.5 Å². The second-order valence-electron chi connectivity index (χ2n) is 9.46. The summed E-state index contributed by atoms with van der Waals surface area (Å²) in [5, 5.41) is 3.02. The number of allylic oxidation sites excluding steroid dienone is 1. The van der Waals surface area contributed by atoms with E-state index >= 15 is 0 Å². The number of hydrogen-bond acceptors (Lipinski definition) is 4. The van der Waals surface area contributed by atoms with Crippen molar-refractivity contribution in [3.05, 3.63) is 102 Å². The molecule has 0 unspecified atom stereocenters. The first-order valence-corrected chi connectivity index (χ1v) is 13.5. The Kier molecular flexibility index (Phi) is 9.73. The van der Waals surface area contributed by atoms with Crippen LogP contribution in [0.2, 0.25) is 0 Å². The number of halogens is 1. The summed E-state index contributed by atoms with van der Waals surface area (Å²) >= 11 is 0. The second kappa shape index (κ2) is 13.6. The molecular formula is C32H35FN2O4. The van der Waals surface area contributed by atoms with Crippen molar-refractivity contribution in [1.82, 2.24) is 5.32 Å². The first kappa shape index (κ1) is 27.9. The summed E-state index contributed by atoms with van der Waals surface area (Å²) < 4.78 is 25.5. The van der Waals surface area contributed by atoms with E-state index in [1.807, 2.05) is 48.5 Å². The summed E-state index contributed by atoms with van der Waals surface area (Å²) in [4.78, 5) is 27.8. The summed E-state index contributed by atoms with van der Waals surface area (Å²) in [7, 11) is 0. The van der Waals surface area contributed by atoms with Crippen LogP contribution in [0.1, 0.15) is 61.5 Å². The highest BCUT2D eigenvalue weighted by molar-refractivity contribution is 6.04. The fourth-order valence-electron chi connectivity index (χ4n) is 4.47. The second-order valence-corrected chi connectivity index (χ2v) is 9.46. The zero-order chi connectivity index (χ0) is 27.6. The first-order valence-electron chi connectivity index (χ1n) is 13.5. The highest BCUT2D eigenvalue weighted by Crippen LogP contribution is 2.40. The molecule has 7 heteroatoms. The van der Waals surface area contributed by atoms with E-state index in [9.17, 15) is 14.0 Å². The minimum Gasteiger partial charge on any atom is -0.493 e. The fraction of sp³-hybridized carbons (Fsp3) is 0.312. The van der Waals surface area contributed by atoms with Crippen LogP contribution in [0, 0.1) is 5.82 Å². The number of hydrogen-bond donors (Lipinski definition) is 1. The number of carbonyl (C=O) groups is 2. The summed E-state index contributed by atoms with van der Waals surface area (Å²) in [6.07, 6.45) is 6.98. The van der Waals surface area contributed by atoms with Gasteiger partial charge in [-0.25, -0.2) is 9.18 Å². The van der Waals surface area contributed by atoms with Crippen molar-refractivity contribution < 1.29 is 23.5 Å². The van der Waals surface area contributed by atoms with E-state index in [1.54, 1.807) is 11.0 Å². The largest absolute Gasteiger partial charge is 0.493 e. The molecule has 1 aliphatic heterocycles. The number of nitrogens with one attached hydrogen (secondary N) is 1. The number of anilines is 1. The highest BCUT2D eigenvalue weighted by Gasteiger charge is 2.41. The van der Waals surface area contributed by atoms with E-state index in [1.165, 1.54) is 30.3 Å². The summed E-state index contributed by atoms with van der Waals surface area (Å²) in [5.74, 6) is 0.666. The van der Waals surface area contributed by atoms with Gasteiger partial charge in [0.2, 0.25) is 0 Å². The van der Waals surface area contributed by atoms with Gasteiger partial charge in [-0.3, -0.25) is 9.69 Å². The molecule has 3 aromatic carbocycles. The van der Waals surface area contributed by atoms with Crippen LogP contribution in [0.3, 0.4) is 0 Å². The molecule has 1 saturated heterocycles. The molecule has 3 aromatic rings. The molecule has 2 amide bonds. The Labute approximate surface area is 229 Å². The molecule has 1 heterocycles. The van der Waals surface area contributed by atoms with Crippen LogP contribution in [0.5, 0.6) is 11.5 Å². The molecule has 2 atom stereocenters. The molecule has 1 N–H and O–H groups in total. The minimum absolute atomic E-state index is 0.278. The number of rotatable bonds is 13. The molecule has 0 saturated carbocycles. The maximum absolute atomic E-state index is 13.3. The third kappa shape index (κ3) is 7.05. The molecule has 0 aromatic heterocycles. The number of carbonyl (C=O) groups excluding carboxylic acids is 2. The van der Waals surface area contributed by atoms with Crippen LogP contribution < -0.4 is 19.7 Å². The van der Waals surface area contributed by atoms with Crippen LogP contribution in [0.15, 0.2) is 84.9 Å². The Bertz CT molecular complexity index is 1280. The van der Waals surface area contributed by atoms with Gasteiger partial charge in [0.15, 0.2) is 5.78 Å². The van der Waals surface area contributed by atoms with Crippen molar-refractivity contribution in [3.63, 3.8) is 0 Å². The molecule has 0 bridgehead atoms. The predicted octanol–water partition coefficient (Wildman–Crippen LogP) is 7.26. The van der Waals surface area contributed by atoms with Crippen LogP contribution in [-0.2, 0) is 0 Å². The van der Waals surface area contributed by atoms with Crippen LogP contribution in [0.4, 0.5) is 14.9 Å². The summed E-state index contributed by atoms with van der Waals surface area (Å²) in [5.41, 5.74) is 1.90. The SMILES string of the molecule is CCCCOc1ccc([C@@H]2[C@@H](/C=C/C(=O)c3ccc(F)cc3)NC(=O)N2c2ccccc2)c(OCCCC)c1. The van der Waals surface area contributed by atoms with Gasteiger partial charge >= 0.3 is 6.03 Å². The lowest BCUT2D eigenvalue weighted by Gasteiger charge is -2.28. The maximum Gasteiger partial charge on any atom is 0.323 e. The molecule has 39 heavy (non-hydrogen) atoms. The van der Waals surface area contributed by atoms with Crippen molar-refractivity contribution in [3.8, 4) is 11.5 Å². The van der Waals surface area contributed by atoms with Gasteiger partial charge in [0, 0.05) is 22.9 Å². The fourth-order valence-corrected chi connectivity index (χ4v) is 4.47. The lowest BCUT2D eigenvalue weighted by Crippen LogP contribution is -2.29. The van der Waals surface area contributed by atoms with Crippen LogP contribution >= 0.6 is 0 Å². The highest BCUT2D eigenvalue weighted by atomic mass is 19.1. The summed E-state index contributed by atoms with van der Waals surface area (Å²) in [6.45, 7) is 5.36. The number of benzene rings is 3. The van der Waals surface area contributed by atoms with E-state index in [0.29, 0.717) is 30.3 Å². The number of ketones is 1.